The summed E-state index contributed by atoms with van der Waals surface area (Å²) in [7, 11) is 0. The second-order valence-corrected chi connectivity index (χ2v) is 6.89. The van der Waals surface area contributed by atoms with Crippen molar-refractivity contribution in [2.24, 2.45) is 0 Å². The zero-order valence-corrected chi connectivity index (χ0v) is 16.8. The number of aromatic carboxylic acids is 1. The number of nitrogens with zero attached hydrogens (tertiary/aromatic N) is 2. The average Bonchev–Trinajstić information content (AvgIpc) is 2.67. The first kappa shape index (κ1) is 21.4. The summed E-state index contributed by atoms with van der Waals surface area (Å²) in [4.78, 5) is 16.9. The summed E-state index contributed by atoms with van der Waals surface area (Å²) in [5.74, 6) is -0.240. The summed E-state index contributed by atoms with van der Waals surface area (Å²) < 4.78 is 6.27. The molecule has 0 spiro atoms. The smallest absolute Gasteiger partial charge is 0.339 e. The van der Waals surface area contributed by atoms with Crippen LogP contribution in [0.3, 0.4) is 0 Å². The van der Waals surface area contributed by atoms with Crippen molar-refractivity contribution < 1.29 is 14.6 Å². The molecule has 0 atom stereocenters. The van der Waals surface area contributed by atoms with Crippen LogP contribution in [0.15, 0.2) is 40.9 Å². The molecule has 5 N–H and O–H groups in total. The molecule has 0 aliphatic rings. The second kappa shape index (κ2) is 10.4. The maximum atomic E-state index is 11.3. The number of nitrogen functional groups attached to an aromatic ring is 1. The number of hydrogen-bond acceptors (Lipinski definition) is 6. The number of hydrogen-bond donors (Lipinski definition) is 4. The van der Waals surface area contributed by atoms with Gasteiger partial charge < -0.3 is 20.5 Å². The second-order valence-electron chi connectivity index (χ2n) is 5.97. The van der Waals surface area contributed by atoms with Crippen LogP contribution in [0.5, 0.6) is 5.75 Å². The molecular formula is C19H22BrN5O3. The van der Waals surface area contributed by atoms with Crippen LogP contribution in [-0.4, -0.2) is 46.3 Å². The fourth-order valence-electron chi connectivity index (χ4n) is 2.51. The molecule has 0 aliphatic heterocycles. The molecule has 0 fully saturated rings. The van der Waals surface area contributed by atoms with Crippen LogP contribution in [-0.2, 0) is 0 Å². The molecule has 0 radical (unpaired) electrons. The minimum absolute atomic E-state index is 0.118. The molecule has 8 nitrogen and oxygen atoms in total. The maximum Gasteiger partial charge on any atom is 0.339 e. The van der Waals surface area contributed by atoms with Gasteiger partial charge in [0, 0.05) is 11.0 Å². The Bertz CT molecular complexity index is 859. The van der Waals surface area contributed by atoms with Gasteiger partial charge in [-0.3, -0.25) is 10.8 Å². The SMILES string of the molecule is N=CN(CCCCCOc1ccc(Br)cc1C(=O)O)C(=N)c1cccc(N)n1. The summed E-state index contributed by atoms with van der Waals surface area (Å²) in [5, 5.41) is 24.9. The number of benzene rings is 1. The summed E-state index contributed by atoms with van der Waals surface area (Å²) in [6.45, 7) is 0.887. The van der Waals surface area contributed by atoms with E-state index in [2.05, 4.69) is 20.9 Å². The lowest BCUT2D eigenvalue weighted by Crippen LogP contribution is -2.31. The van der Waals surface area contributed by atoms with Gasteiger partial charge in [-0.2, -0.15) is 0 Å². The molecule has 9 heteroatoms. The number of amidine groups is 1. The van der Waals surface area contributed by atoms with E-state index in [0.29, 0.717) is 34.9 Å². The summed E-state index contributed by atoms with van der Waals surface area (Å²) >= 11 is 3.25. The number of nitrogens with one attached hydrogen (secondary N) is 2. The molecule has 2 aromatic rings. The minimum atomic E-state index is -1.04. The van der Waals surface area contributed by atoms with Crippen LogP contribution >= 0.6 is 15.9 Å². The van der Waals surface area contributed by atoms with Crippen LogP contribution in [0.4, 0.5) is 5.82 Å². The Kier molecular flexibility index (Phi) is 7.94. The normalized spacial score (nSPS) is 10.3. The van der Waals surface area contributed by atoms with E-state index >= 15 is 0 Å². The van der Waals surface area contributed by atoms with Crippen molar-refractivity contribution in [2.75, 3.05) is 18.9 Å². The number of unbranched alkanes of at least 4 members (excludes halogenated alkanes) is 2. The summed E-state index contributed by atoms with van der Waals surface area (Å²) in [5.41, 5.74) is 6.18. The van der Waals surface area contributed by atoms with Gasteiger partial charge in [0.15, 0.2) is 5.84 Å². The highest BCUT2D eigenvalue weighted by molar-refractivity contribution is 9.10. The van der Waals surface area contributed by atoms with E-state index in [-0.39, 0.29) is 11.4 Å². The average molecular weight is 448 g/mol. The first-order valence-electron chi connectivity index (χ1n) is 8.66. The monoisotopic (exact) mass is 447 g/mol. The molecule has 148 valence electrons. The van der Waals surface area contributed by atoms with Gasteiger partial charge in [-0.1, -0.05) is 22.0 Å². The number of anilines is 1. The summed E-state index contributed by atoms with van der Waals surface area (Å²) in [6.07, 6.45) is 3.38. The Morgan fingerprint density at radius 1 is 1.29 bits per heavy atom. The number of carbonyl (C=O) groups is 1. The molecule has 1 aromatic heterocycles. The van der Waals surface area contributed by atoms with Crippen molar-refractivity contribution in [3.8, 4) is 5.75 Å². The zero-order valence-electron chi connectivity index (χ0n) is 15.2. The van der Waals surface area contributed by atoms with Gasteiger partial charge in [0.2, 0.25) is 0 Å². The largest absolute Gasteiger partial charge is 0.493 e. The number of pyridine rings is 1. The quantitative estimate of drug-likeness (QED) is 0.249. The van der Waals surface area contributed by atoms with Crippen molar-refractivity contribution in [3.63, 3.8) is 0 Å². The molecule has 0 saturated carbocycles. The number of aromatic nitrogens is 1. The van der Waals surface area contributed by atoms with Crippen LogP contribution in [0.25, 0.3) is 0 Å². The van der Waals surface area contributed by atoms with Crippen molar-refractivity contribution in [3.05, 3.63) is 52.1 Å². The van der Waals surface area contributed by atoms with Crippen LogP contribution in [0.2, 0.25) is 0 Å². The number of halogens is 1. The van der Waals surface area contributed by atoms with Gasteiger partial charge in [-0.15, -0.1) is 0 Å². The Balaban J connectivity index is 1.77. The van der Waals surface area contributed by atoms with E-state index in [1.165, 1.54) is 11.0 Å². The lowest BCUT2D eigenvalue weighted by molar-refractivity contribution is 0.0692. The number of nitrogens with two attached hydrogens (primary N) is 1. The van der Waals surface area contributed by atoms with Crippen LogP contribution < -0.4 is 10.5 Å². The number of carboxylic acid groups (broad SMARTS) is 1. The van der Waals surface area contributed by atoms with Gasteiger partial charge >= 0.3 is 5.97 Å². The molecule has 1 aromatic carbocycles. The number of rotatable bonds is 10. The molecule has 0 saturated heterocycles. The Morgan fingerprint density at radius 3 is 2.75 bits per heavy atom. The van der Waals surface area contributed by atoms with Crippen LogP contribution in [0, 0.1) is 10.8 Å². The molecule has 28 heavy (non-hydrogen) atoms. The van der Waals surface area contributed by atoms with Gasteiger partial charge in [-0.05, 0) is 49.6 Å². The first-order chi connectivity index (χ1) is 13.4. The lowest BCUT2D eigenvalue weighted by Gasteiger charge is -2.19. The minimum Gasteiger partial charge on any atom is -0.493 e. The van der Waals surface area contributed by atoms with E-state index in [0.717, 1.165) is 25.6 Å². The maximum absolute atomic E-state index is 11.3. The van der Waals surface area contributed by atoms with E-state index < -0.39 is 5.97 Å². The topological polar surface area (TPSA) is 136 Å². The fourth-order valence-corrected chi connectivity index (χ4v) is 2.87. The highest BCUT2D eigenvalue weighted by atomic mass is 79.9. The molecular weight excluding hydrogens is 426 g/mol. The molecule has 2 rings (SSSR count). The number of ether oxygens (including phenoxy) is 1. The third kappa shape index (κ3) is 6.05. The fraction of sp³-hybridized carbons (Fsp3) is 0.263. The van der Waals surface area contributed by atoms with Crippen molar-refractivity contribution >= 4 is 39.9 Å². The van der Waals surface area contributed by atoms with E-state index in [9.17, 15) is 9.90 Å². The third-order valence-corrected chi connectivity index (χ3v) is 4.42. The molecule has 0 aliphatic carbocycles. The van der Waals surface area contributed by atoms with E-state index in [4.69, 9.17) is 21.3 Å². The van der Waals surface area contributed by atoms with Crippen molar-refractivity contribution in [1.82, 2.24) is 9.88 Å². The van der Waals surface area contributed by atoms with Crippen LogP contribution in [0.1, 0.15) is 35.3 Å². The predicted molar refractivity (Wildman–Crippen MR) is 111 cm³/mol. The van der Waals surface area contributed by atoms with Gasteiger partial charge in [-0.25, -0.2) is 9.78 Å². The summed E-state index contributed by atoms with van der Waals surface area (Å²) in [6, 6.07) is 9.92. The van der Waals surface area contributed by atoms with Gasteiger partial charge in [0.25, 0.3) is 0 Å². The highest BCUT2D eigenvalue weighted by Crippen LogP contribution is 2.23. The first-order valence-corrected chi connectivity index (χ1v) is 9.46. The Morgan fingerprint density at radius 2 is 2.07 bits per heavy atom. The van der Waals surface area contributed by atoms with E-state index in [1.54, 1.807) is 30.3 Å². The standard InChI is InChI=1S/C19H22BrN5O3/c20-13-7-8-16(14(11-13)19(26)27)28-10-3-1-2-9-25(12-21)18(23)15-5-4-6-17(22)24-15/h4-8,11-12,21,23H,1-3,9-10H2,(H2,22,24)(H,26,27). The molecule has 1 heterocycles. The highest BCUT2D eigenvalue weighted by Gasteiger charge is 2.13. The molecule has 0 unspecified atom stereocenters. The molecule has 0 bridgehead atoms. The lowest BCUT2D eigenvalue weighted by atomic mass is 10.2. The van der Waals surface area contributed by atoms with Crippen molar-refractivity contribution in [1.29, 1.82) is 10.8 Å². The van der Waals surface area contributed by atoms with E-state index in [1.807, 2.05) is 0 Å². The van der Waals surface area contributed by atoms with Crippen molar-refractivity contribution in [2.45, 2.75) is 19.3 Å². The Labute approximate surface area is 171 Å². The predicted octanol–water partition coefficient (Wildman–Crippen LogP) is 3.61. The number of carboxylic acids is 1. The zero-order chi connectivity index (χ0) is 20.5. The van der Waals surface area contributed by atoms with Gasteiger partial charge in [0.1, 0.15) is 22.8 Å². The van der Waals surface area contributed by atoms with Gasteiger partial charge in [0.05, 0.1) is 12.9 Å². The Hall–Kier alpha value is -2.94. The third-order valence-electron chi connectivity index (χ3n) is 3.93. The molecule has 0 amide bonds.